The topological polar surface area (TPSA) is 25.8 Å². The fourth-order valence-corrected chi connectivity index (χ4v) is 10.1. The number of benzene rings is 10. The molecule has 1 aromatic heterocycles. The van der Waals surface area contributed by atoms with Crippen LogP contribution in [-0.2, 0) is 5.41 Å². The Labute approximate surface area is 367 Å². The van der Waals surface area contributed by atoms with Crippen LogP contribution in [0.1, 0.15) is 25.0 Å². The molecule has 10 aromatic carbocycles. The number of hydrogen-bond donors (Lipinski definition) is 0. The molecule has 2 nitrogen and oxygen atoms in total. The maximum atomic E-state index is 5.33. The Kier molecular flexibility index (Phi) is 8.55. The molecule has 12 rings (SSSR count). The summed E-state index contributed by atoms with van der Waals surface area (Å²) in [7, 11) is 0. The molecule has 11 aromatic rings. The molecule has 0 N–H and O–H groups in total. The van der Waals surface area contributed by atoms with Crippen LogP contribution in [0.3, 0.4) is 0 Å². The monoisotopic (exact) mass is 802 g/mol. The van der Waals surface area contributed by atoms with E-state index in [1.54, 1.807) is 0 Å². The first-order chi connectivity index (χ1) is 31.0. The molecular weight excluding hydrogens is 761 g/mol. The quantitative estimate of drug-likeness (QED) is 0.167. The number of fused-ring (bicyclic) bond motifs is 6. The fourth-order valence-electron chi connectivity index (χ4n) is 10.1. The van der Waals surface area contributed by atoms with Crippen molar-refractivity contribution in [1.29, 1.82) is 0 Å². The second-order valence-electron chi connectivity index (χ2n) is 17.3. The van der Waals surface area contributed by atoms with Crippen LogP contribution in [0.2, 0.25) is 0 Å². The van der Waals surface area contributed by atoms with Gasteiger partial charge in [0.05, 0.1) is 11.4 Å². The average molecular weight is 803 g/mol. The van der Waals surface area contributed by atoms with E-state index < -0.39 is 0 Å². The maximum Gasteiger partial charge on any atom is 0.161 e. The Morgan fingerprint density at radius 1 is 0.286 bits per heavy atom. The average Bonchev–Trinajstić information content (AvgIpc) is 3.57. The maximum absolute atomic E-state index is 5.33. The SMILES string of the molecule is CC1(C)c2cc(-c3ccc(-c4ccc(-c5nc(-c6ccccc6)cc(-c6cccc(-c7ccccc7)c6)n5)c5ccccc45)c4ccccc34)ccc2-c2cc3ccccc3cc21. The highest BCUT2D eigenvalue weighted by molar-refractivity contribution is 6.12. The third-order valence-corrected chi connectivity index (χ3v) is 13.3. The molecule has 1 heterocycles. The summed E-state index contributed by atoms with van der Waals surface area (Å²) >= 11 is 0. The second-order valence-corrected chi connectivity index (χ2v) is 17.3. The van der Waals surface area contributed by atoms with Crippen LogP contribution in [0, 0.1) is 0 Å². The summed E-state index contributed by atoms with van der Waals surface area (Å²) in [5.74, 6) is 0.703. The Bertz CT molecular complexity index is 3580. The van der Waals surface area contributed by atoms with E-state index in [-0.39, 0.29) is 5.41 Å². The summed E-state index contributed by atoms with van der Waals surface area (Å²) in [5, 5.41) is 7.33. The van der Waals surface area contributed by atoms with Crippen molar-refractivity contribution in [3.8, 4) is 78.4 Å². The molecule has 0 spiro atoms. The lowest BCUT2D eigenvalue weighted by Gasteiger charge is -2.22. The zero-order valence-corrected chi connectivity index (χ0v) is 35.2. The van der Waals surface area contributed by atoms with E-state index in [9.17, 15) is 0 Å². The highest BCUT2D eigenvalue weighted by Crippen LogP contribution is 2.51. The van der Waals surface area contributed by atoms with Crippen molar-refractivity contribution < 1.29 is 0 Å². The van der Waals surface area contributed by atoms with Gasteiger partial charge in [0, 0.05) is 22.1 Å². The van der Waals surface area contributed by atoms with Gasteiger partial charge >= 0.3 is 0 Å². The molecule has 63 heavy (non-hydrogen) atoms. The molecule has 296 valence electrons. The first kappa shape index (κ1) is 36.9. The highest BCUT2D eigenvalue weighted by Gasteiger charge is 2.36. The van der Waals surface area contributed by atoms with Gasteiger partial charge in [0.1, 0.15) is 0 Å². The summed E-state index contributed by atoms with van der Waals surface area (Å²) < 4.78 is 0. The van der Waals surface area contributed by atoms with Crippen LogP contribution in [0.5, 0.6) is 0 Å². The van der Waals surface area contributed by atoms with E-state index in [0.717, 1.165) is 39.0 Å². The van der Waals surface area contributed by atoms with Crippen LogP contribution in [-0.4, -0.2) is 9.97 Å². The molecule has 0 radical (unpaired) electrons. The van der Waals surface area contributed by atoms with E-state index in [1.807, 2.05) is 6.07 Å². The zero-order chi connectivity index (χ0) is 42.1. The van der Waals surface area contributed by atoms with Crippen molar-refractivity contribution in [2.45, 2.75) is 19.3 Å². The molecular formula is C61H42N2. The van der Waals surface area contributed by atoms with Crippen molar-refractivity contribution in [3.63, 3.8) is 0 Å². The van der Waals surface area contributed by atoms with Crippen LogP contribution >= 0.6 is 0 Å². The standard InChI is InChI=1S/C61H42N2/c1-61(2)56-37-44(28-29-53(56)55-35-42-20-9-10-21-43(42)36-57(55)61)46-30-31-51(48-25-12-11-24-47(46)48)52-32-33-54(50-27-14-13-26-49(50)52)60-62-58(40-18-7-4-8-19-40)38-59(63-60)45-23-15-22-41(34-45)39-16-5-3-6-17-39/h3-38H,1-2H3. The van der Waals surface area contributed by atoms with E-state index in [2.05, 4.69) is 226 Å². The van der Waals surface area contributed by atoms with Gasteiger partial charge in [0.2, 0.25) is 0 Å². The van der Waals surface area contributed by atoms with E-state index >= 15 is 0 Å². The lowest BCUT2D eigenvalue weighted by atomic mass is 9.80. The van der Waals surface area contributed by atoms with E-state index in [1.165, 1.54) is 77.0 Å². The Morgan fingerprint density at radius 3 is 1.44 bits per heavy atom. The van der Waals surface area contributed by atoms with Gasteiger partial charge in [-0.2, -0.15) is 0 Å². The Morgan fingerprint density at radius 2 is 0.762 bits per heavy atom. The van der Waals surface area contributed by atoms with E-state index in [4.69, 9.17) is 9.97 Å². The van der Waals surface area contributed by atoms with Gasteiger partial charge in [-0.15, -0.1) is 0 Å². The van der Waals surface area contributed by atoms with Gasteiger partial charge in [-0.1, -0.05) is 196 Å². The molecule has 2 heteroatoms. The van der Waals surface area contributed by atoms with Crippen molar-refractivity contribution in [3.05, 3.63) is 230 Å². The summed E-state index contributed by atoms with van der Waals surface area (Å²) in [6.07, 6.45) is 0. The largest absolute Gasteiger partial charge is 0.228 e. The lowest BCUT2D eigenvalue weighted by Crippen LogP contribution is -2.15. The van der Waals surface area contributed by atoms with E-state index in [0.29, 0.717) is 5.82 Å². The van der Waals surface area contributed by atoms with Gasteiger partial charge in [-0.25, -0.2) is 9.97 Å². The van der Waals surface area contributed by atoms with Gasteiger partial charge < -0.3 is 0 Å². The number of rotatable bonds is 6. The smallest absolute Gasteiger partial charge is 0.161 e. The van der Waals surface area contributed by atoms with Gasteiger partial charge in [-0.3, -0.25) is 0 Å². The molecule has 0 saturated heterocycles. The van der Waals surface area contributed by atoms with Crippen molar-refractivity contribution in [2.75, 3.05) is 0 Å². The molecule has 0 fully saturated rings. The summed E-state index contributed by atoms with van der Waals surface area (Å²) in [5.41, 5.74) is 17.4. The molecule has 0 aliphatic heterocycles. The number of hydrogen-bond acceptors (Lipinski definition) is 2. The summed E-state index contributed by atoms with van der Waals surface area (Å²) in [4.78, 5) is 10.6. The van der Waals surface area contributed by atoms with Crippen LogP contribution < -0.4 is 0 Å². The molecule has 1 aliphatic carbocycles. The number of nitrogens with zero attached hydrogens (tertiary/aromatic N) is 2. The lowest BCUT2D eigenvalue weighted by molar-refractivity contribution is 0.661. The normalized spacial score (nSPS) is 12.7. The molecule has 0 unspecified atom stereocenters. The Hall–Kier alpha value is -7.94. The van der Waals surface area contributed by atoms with Gasteiger partial charge in [0.25, 0.3) is 0 Å². The third kappa shape index (κ3) is 6.17. The second kappa shape index (κ2) is 14.6. The molecule has 1 aliphatic rings. The first-order valence-corrected chi connectivity index (χ1v) is 21.8. The minimum atomic E-state index is -0.113. The minimum absolute atomic E-state index is 0.113. The van der Waals surface area contributed by atoms with Crippen LogP contribution in [0.4, 0.5) is 0 Å². The Balaban J connectivity index is 0.978. The fraction of sp³-hybridized carbons (Fsp3) is 0.0492. The molecule has 0 saturated carbocycles. The summed E-state index contributed by atoms with van der Waals surface area (Å²) in [6, 6.07) is 79.1. The molecule has 0 atom stereocenters. The van der Waals surface area contributed by atoms with Gasteiger partial charge in [0.15, 0.2) is 5.82 Å². The highest BCUT2D eigenvalue weighted by atomic mass is 14.9. The number of aromatic nitrogens is 2. The van der Waals surface area contributed by atoms with Gasteiger partial charge in [-0.05, 0) is 124 Å². The predicted octanol–water partition coefficient (Wildman–Crippen LogP) is 16.2. The van der Waals surface area contributed by atoms with Crippen LogP contribution in [0.15, 0.2) is 218 Å². The van der Waals surface area contributed by atoms with Crippen molar-refractivity contribution >= 4 is 32.3 Å². The minimum Gasteiger partial charge on any atom is -0.228 e. The van der Waals surface area contributed by atoms with Crippen LogP contribution in [0.25, 0.3) is 111 Å². The van der Waals surface area contributed by atoms with Crippen molar-refractivity contribution in [2.24, 2.45) is 0 Å². The molecule has 0 amide bonds. The predicted molar refractivity (Wildman–Crippen MR) is 265 cm³/mol. The third-order valence-electron chi connectivity index (χ3n) is 13.3. The van der Waals surface area contributed by atoms with Crippen molar-refractivity contribution in [1.82, 2.24) is 9.97 Å². The summed E-state index contributed by atoms with van der Waals surface area (Å²) in [6.45, 7) is 4.75. The first-order valence-electron chi connectivity index (χ1n) is 21.8. The molecule has 0 bridgehead atoms. The zero-order valence-electron chi connectivity index (χ0n) is 35.2.